The summed E-state index contributed by atoms with van der Waals surface area (Å²) in [5.41, 5.74) is 1.90. The lowest BCUT2D eigenvalue weighted by Gasteiger charge is -2.30. The number of thiazole rings is 1. The van der Waals surface area contributed by atoms with Gasteiger partial charge in [-0.2, -0.15) is 0 Å². The van der Waals surface area contributed by atoms with Gasteiger partial charge in [0, 0.05) is 39.0 Å². The number of rotatable bonds is 5. The second kappa shape index (κ2) is 8.83. The van der Waals surface area contributed by atoms with Crippen LogP contribution in [0.5, 0.6) is 0 Å². The third kappa shape index (κ3) is 4.01. The van der Waals surface area contributed by atoms with Crippen molar-refractivity contribution < 1.29 is 9.53 Å². The van der Waals surface area contributed by atoms with Gasteiger partial charge in [-0.15, -0.1) is 0 Å². The zero-order valence-corrected chi connectivity index (χ0v) is 21.6. The molecule has 2 fully saturated rings. The number of nitrogens with one attached hydrogen (secondary N) is 2. The van der Waals surface area contributed by atoms with Gasteiger partial charge < -0.3 is 24.8 Å². The molecule has 6 rings (SSSR count). The molecule has 0 radical (unpaired) electrons. The summed E-state index contributed by atoms with van der Waals surface area (Å²) in [4.78, 5) is 33.8. The van der Waals surface area contributed by atoms with E-state index >= 15 is 0 Å². The molecule has 3 aliphatic rings. The minimum Gasteiger partial charge on any atom is -0.443 e. The van der Waals surface area contributed by atoms with Crippen LogP contribution in [0.4, 0.5) is 15.6 Å². The Hall–Kier alpha value is -2.56. The van der Waals surface area contributed by atoms with Crippen molar-refractivity contribution in [3.63, 3.8) is 0 Å². The second-order valence-corrected chi connectivity index (χ2v) is 11.2. The first-order chi connectivity index (χ1) is 16.9. The largest absolute Gasteiger partial charge is 0.443 e. The van der Waals surface area contributed by atoms with Crippen LogP contribution in [0.3, 0.4) is 0 Å². The molecule has 0 unspecified atom stereocenters. The Morgan fingerprint density at radius 1 is 1.23 bits per heavy atom. The predicted octanol–water partition coefficient (Wildman–Crippen LogP) is 5.04. The van der Waals surface area contributed by atoms with Crippen molar-refractivity contribution in [3.8, 4) is 10.7 Å². The van der Waals surface area contributed by atoms with Gasteiger partial charge in [0.2, 0.25) is 0 Å². The zero-order chi connectivity index (χ0) is 24.3. The van der Waals surface area contributed by atoms with Gasteiger partial charge in [0.05, 0.1) is 22.9 Å². The van der Waals surface area contributed by atoms with Crippen molar-refractivity contribution >= 4 is 62.6 Å². The molecule has 2 bridgehead atoms. The van der Waals surface area contributed by atoms with E-state index in [2.05, 4.69) is 37.3 Å². The average molecular weight is 534 g/mol. The van der Waals surface area contributed by atoms with Gasteiger partial charge >= 0.3 is 6.09 Å². The molecule has 3 aromatic rings. The van der Waals surface area contributed by atoms with Crippen LogP contribution in [0.2, 0.25) is 10.2 Å². The van der Waals surface area contributed by atoms with Crippen molar-refractivity contribution in [2.75, 3.05) is 37.4 Å². The third-order valence-electron chi connectivity index (χ3n) is 6.94. The van der Waals surface area contributed by atoms with Gasteiger partial charge in [-0.25, -0.2) is 19.7 Å². The fraction of sp³-hybridized carbons (Fsp3) is 0.478. The van der Waals surface area contributed by atoms with E-state index in [0.29, 0.717) is 32.9 Å². The second-order valence-electron chi connectivity index (χ2n) is 9.44. The molecule has 1 amide bonds. The summed E-state index contributed by atoms with van der Waals surface area (Å²) in [7, 11) is 3.37. The molecule has 2 aliphatic carbocycles. The van der Waals surface area contributed by atoms with Gasteiger partial charge in [0.15, 0.2) is 21.8 Å². The number of nitrogens with zero attached hydrogens (tertiary/aromatic N) is 5. The first kappa shape index (κ1) is 22.9. The first-order valence-corrected chi connectivity index (χ1v) is 13.2. The lowest BCUT2D eigenvalue weighted by Crippen LogP contribution is -2.42. The SMILES string of the molecule is CN(C)C(=O)O[C@@H]1[C@H](Nc2c(Cl)cnc3nc(-c4sc(N5CCCC5)nc4Cl)[nH]c23)[C@H]2C=C[C@@H]1C2. The summed E-state index contributed by atoms with van der Waals surface area (Å²) in [6, 6.07) is -0.113. The molecule has 1 saturated heterocycles. The Bertz CT molecular complexity index is 1320. The van der Waals surface area contributed by atoms with Gasteiger partial charge in [0.1, 0.15) is 16.5 Å². The molecule has 3 aromatic heterocycles. The Morgan fingerprint density at radius 3 is 2.77 bits per heavy atom. The molecular weight excluding hydrogens is 509 g/mol. The van der Waals surface area contributed by atoms with E-state index in [4.69, 9.17) is 32.9 Å². The highest BCUT2D eigenvalue weighted by atomic mass is 35.5. The molecule has 4 heterocycles. The number of carbonyl (C=O) groups excluding carboxylic acids is 1. The fourth-order valence-corrected chi connectivity index (χ4v) is 6.67. The Balaban J connectivity index is 1.33. The molecule has 12 heteroatoms. The summed E-state index contributed by atoms with van der Waals surface area (Å²) >= 11 is 14.7. The smallest absolute Gasteiger partial charge is 0.409 e. The summed E-state index contributed by atoms with van der Waals surface area (Å²) in [6.07, 6.45) is 8.52. The number of ether oxygens (including phenoxy) is 1. The fourth-order valence-electron chi connectivity index (χ4n) is 5.18. The number of imidazole rings is 1. The highest BCUT2D eigenvalue weighted by molar-refractivity contribution is 7.19. The molecule has 0 aromatic carbocycles. The van der Waals surface area contributed by atoms with E-state index < -0.39 is 0 Å². The summed E-state index contributed by atoms with van der Waals surface area (Å²) in [5.74, 6) is 1.02. The number of fused-ring (bicyclic) bond motifs is 3. The van der Waals surface area contributed by atoms with E-state index in [1.807, 2.05) is 0 Å². The Kier molecular flexibility index (Phi) is 5.77. The minimum absolute atomic E-state index is 0.113. The van der Waals surface area contributed by atoms with E-state index in [-0.39, 0.29) is 30.1 Å². The normalized spacial score (nSPS) is 25.1. The summed E-state index contributed by atoms with van der Waals surface area (Å²) in [6.45, 7) is 1.98. The quantitative estimate of drug-likeness (QED) is 0.443. The first-order valence-electron chi connectivity index (χ1n) is 11.7. The standard InChI is InChI=1S/C23H25Cl2N7O2S/c1-31(2)23(33)34-17-12-6-5-11(9-12)14(17)27-15-13(24)10-26-20-16(15)28-21(30-20)18-19(25)29-22(35-18)32-7-3-4-8-32/h5-6,10-12,14,17H,3-4,7-9H2,1-2H3,(H2,26,27,28,30)/t11-,12+,14+,17-/m0/s1. The molecule has 0 spiro atoms. The number of hydrogen-bond acceptors (Lipinski definition) is 8. The molecule has 35 heavy (non-hydrogen) atoms. The number of pyridine rings is 1. The van der Waals surface area contributed by atoms with Gasteiger partial charge in [-0.3, -0.25) is 0 Å². The third-order valence-corrected chi connectivity index (χ3v) is 8.73. The van der Waals surface area contributed by atoms with Crippen LogP contribution in [-0.2, 0) is 4.74 Å². The number of aromatic nitrogens is 4. The van der Waals surface area contributed by atoms with Crippen LogP contribution in [0, 0.1) is 11.8 Å². The van der Waals surface area contributed by atoms with E-state index in [9.17, 15) is 4.79 Å². The number of carbonyl (C=O) groups is 1. The van der Waals surface area contributed by atoms with Crippen LogP contribution < -0.4 is 10.2 Å². The molecule has 184 valence electrons. The summed E-state index contributed by atoms with van der Waals surface area (Å²) in [5, 5.41) is 5.36. The molecule has 4 atom stereocenters. The number of aromatic amines is 1. The molecular formula is C23H25Cl2N7O2S. The lowest BCUT2D eigenvalue weighted by atomic mass is 9.98. The monoisotopic (exact) mass is 533 g/mol. The van der Waals surface area contributed by atoms with Crippen LogP contribution >= 0.6 is 34.5 Å². The maximum Gasteiger partial charge on any atom is 0.409 e. The van der Waals surface area contributed by atoms with Crippen molar-refractivity contribution in [3.05, 3.63) is 28.5 Å². The van der Waals surface area contributed by atoms with Crippen molar-refractivity contribution in [1.82, 2.24) is 24.8 Å². The van der Waals surface area contributed by atoms with Gasteiger partial charge in [-0.05, 0) is 19.3 Å². The topological polar surface area (TPSA) is 99.3 Å². The Labute approximate surface area is 216 Å². The van der Waals surface area contributed by atoms with E-state index in [1.54, 1.807) is 20.3 Å². The molecule has 1 aliphatic heterocycles. The van der Waals surface area contributed by atoms with Crippen molar-refractivity contribution in [1.29, 1.82) is 0 Å². The van der Waals surface area contributed by atoms with Crippen molar-refractivity contribution in [2.45, 2.75) is 31.4 Å². The maximum absolute atomic E-state index is 12.3. The lowest BCUT2D eigenvalue weighted by molar-refractivity contribution is 0.0574. The van der Waals surface area contributed by atoms with E-state index in [1.165, 1.54) is 16.2 Å². The maximum atomic E-state index is 12.3. The average Bonchev–Trinajstić information content (AvgIpc) is 3.64. The highest BCUT2D eigenvalue weighted by Crippen LogP contribution is 2.45. The van der Waals surface area contributed by atoms with Gasteiger partial charge in [-0.1, -0.05) is 46.7 Å². The molecule has 2 N–H and O–H groups in total. The molecule has 1 saturated carbocycles. The number of anilines is 2. The Morgan fingerprint density at radius 2 is 2.00 bits per heavy atom. The number of hydrogen-bond donors (Lipinski definition) is 2. The zero-order valence-electron chi connectivity index (χ0n) is 19.3. The predicted molar refractivity (Wildman–Crippen MR) is 139 cm³/mol. The van der Waals surface area contributed by atoms with Gasteiger partial charge in [0.25, 0.3) is 0 Å². The highest BCUT2D eigenvalue weighted by Gasteiger charge is 2.47. The van der Waals surface area contributed by atoms with Crippen LogP contribution in [-0.4, -0.2) is 70.3 Å². The number of amides is 1. The summed E-state index contributed by atoms with van der Waals surface area (Å²) < 4.78 is 5.85. The van der Waals surface area contributed by atoms with Crippen LogP contribution in [0.25, 0.3) is 21.9 Å². The van der Waals surface area contributed by atoms with Crippen LogP contribution in [0.1, 0.15) is 19.3 Å². The number of H-pyrrole nitrogens is 1. The van der Waals surface area contributed by atoms with E-state index in [0.717, 1.165) is 42.4 Å². The van der Waals surface area contributed by atoms with Crippen LogP contribution in [0.15, 0.2) is 18.3 Å². The van der Waals surface area contributed by atoms with Crippen molar-refractivity contribution in [2.24, 2.45) is 11.8 Å². The minimum atomic E-state index is -0.355. The molecule has 9 nitrogen and oxygen atoms in total. The number of halogens is 2.